The summed E-state index contributed by atoms with van der Waals surface area (Å²) in [5.74, 6) is -0.520. The third-order valence-corrected chi connectivity index (χ3v) is 2.84. The predicted octanol–water partition coefficient (Wildman–Crippen LogP) is 2.21. The van der Waals surface area contributed by atoms with Gasteiger partial charge in [0.1, 0.15) is 5.82 Å². The van der Waals surface area contributed by atoms with Gasteiger partial charge in [0.05, 0.1) is 16.4 Å². The highest BCUT2D eigenvalue weighted by atomic mass is 32.2. The molecule has 0 aliphatic heterocycles. The number of benzene rings is 1. The average molecular weight is 231 g/mol. The standard InChI is InChI=1S/C9H10FNO3S/c1-6(5-12)15-9-4-7(10)2-3-8(9)11(13)14/h2-4,6,12H,5H2,1H3. The molecule has 0 bridgehead atoms. The van der Waals surface area contributed by atoms with Crippen LogP contribution in [0.1, 0.15) is 6.92 Å². The van der Waals surface area contributed by atoms with Crippen LogP contribution in [0.4, 0.5) is 10.1 Å². The Hall–Kier alpha value is -1.14. The van der Waals surface area contributed by atoms with Gasteiger partial charge >= 0.3 is 0 Å². The van der Waals surface area contributed by atoms with Crippen molar-refractivity contribution in [2.24, 2.45) is 0 Å². The van der Waals surface area contributed by atoms with E-state index in [0.29, 0.717) is 0 Å². The molecule has 82 valence electrons. The summed E-state index contributed by atoms with van der Waals surface area (Å²) in [6, 6.07) is 3.28. The van der Waals surface area contributed by atoms with Gasteiger partial charge in [0.2, 0.25) is 0 Å². The first-order valence-corrected chi connectivity index (χ1v) is 5.14. The molecule has 1 atom stereocenters. The molecule has 1 rings (SSSR count). The second-order valence-corrected chi connectivity index (χ2v) is 4.46. The van der Waals surface area contributed by atoms with Crippen LogP contribution in [0.3, 0.4) is 0 Å². The monoisotopic (exact) mass is 231 g/mol. The lowest BCUT2D eigenvalue weighted by Crippen LogP contribution is -2.03. The van der Waals surface area contributed by atoms with Crippen molar-refractivity contribution in [3.63, 3.8) is 0 Å². The SMILES string of the molecule is CC(CO)Sc1cc(F)ccc1[N+](=O)[O-]. The summed E-state index contributed by atoms with van der Waals surface area (Å²) in [5.41, 5.74) is -0.137. The summed E-state index contributed by atoms with van der Waals surface area (Å²) in [6.45, 7) is 1.59. The van der Waals surface area contributed by atoms with Gasteiger partial charge in [0.15, 0.2) is 0 Å². The number of rotatable bonds is 4. The molecule has 15 heavy (non-hydrogen) atoms. The molecule has 0 amide bonds. The number of hydrogen-bond donors (Lipinski definition) is 1. The van der Waals surface area contributed by atoms with Crippen LogP contribution in [0.25, 0.3) is 0 Å². The summed E-state index contributed by atoms with van der Waals surface area (Å²) in [5, 5.41) is 19.2. The number of aliphatic hydroxyl groups is 1. The second-order valence-electron chi connectivity index (χ2n) is 2.98. The molecule has 1 aromatic carbocycles. The van der Waals surface area contributed by atoms with Gasteiger partial charge in [-0.05, 0) is 12.1 Å². The zero-order valence-corrected chi connectivity index (χ0v) is 8.83. The summed E-state index contributed by atoms with van der Waals surface area (Å²) < 4.78 is 12.9. The zero-order chi connectivity index (χ0) is 11.4. The quantitative estimate of drug-likeness (QED) is 0.490. The molecule has 1 aromatic rings. The van der Waals surface area contributed by atoms with E-state index in [1.54, 1.807) is 6.92 Å². The third kappa shape index (κ3) is 3.17. The van der Waals surface area contributed by atoms with Crippen molar-refractivity contribution >= 4 is 17.4 Å². The number of aliphatic hydroxyl groups excluding tert-OH is 1. The van der Waals surface area contributed by atoms with E-state index < -0.39 is 10.7 Å². The van der Waals surface area contributed by atoms with Crippen LogP contribution in [-0.4, -0.2) is 21.9 Å². The molecule has 0 saturated carbocycles. The van der Waals surface area contributed by atoms with E-state index in [9.17, 15) is 14.5 Å². The summed E-state index contributed by atoms with van der Waals surface area (Å²) in [7, 11) is 0. The minimum atomic E-state index is -0.564. The van der Waals surface area contributed by atoms with Crippen LogP contribution in [0.5, 0.6) is 0 Å². The molecule has 0 fully saturated rings. The van der Waals surface area contributed by atoms with Gasteiger partial charge in [-0.15, -0.1) is 11.8 Å². The van der Waals surface area contributed by atoms with Crippen molar-refractivity contribution in [3.8, 4) is 0 Å². The van der Waals surface area contributed by atoms with Crippen molar-refractivity contribution in [1.82, 2.24) is 0 Å². The molecule has 0 radical (unpaired) electrons. The molecule has 6 heteroatoms. The maximum atomic E-state index is 12.9. The number of nitro benzene ring substituents is 1. The van der Waals surface area contributed by atoms with Crippen LogP contribution < -0.4 is 0 Å². The zero-order valence-electron chi connectivity index (χ0n) is 8.01. The summed E-state index contributed by atoms with van der Waals surface area (Å²) in [4.78, 5) is 10.3. The van der Waals surface area contributed by atoms with Gasteiger partial charge in [-0.1, -0.05) is 6.92 Å². The summed E-state index contributed by atoms with van der Waals surface area (Å²) in [6.07, 6.45) is 0. The Morgan fingerprint density at radius 2 is 2.33 bits per heavy atom. The van der Waals surface area contributed by atoms with Crippen LogP contribution in [0, 0.1) is 15.9 Å². The van der Waals surface area contributed by atoms with Gasteiger partial charge in [0.25, 0.3) is 5.69 Å². The van der Waals surface area contributed by atoms with E-state index in [2.05, 4.69) is 0 Å². The fraction of sp³-hybridized carbons (Fsp3) is 0.333. The Labute approximate surface area is 90.3 Å². The van der Waals surface area contributed by atoms with Crippen LogP contribution >= 0.6 is 11.8 Å². The van der Waals surface area contributed by atoms with Crippen LogP contribution in [0.15, 0.2) is 23.1 Å². The van der Waals surface area contributed by atoms with Gasteiger partial charge in [-0.25, -0.2) is 4.39 Å². The topological polar surface area (TPSA) is 63.4 Å². The van der Waals surface area contributed by atoms with Gasteiger partial charge in [-0.2, -0.15) is 0 Å². The fourth-order valence-electron chi connectivity index (χ4n) is 0.987. The van der Waals surface area contributed by atoms with Crippen molar-refractivity contribution in [3.05, 3.63) is 34.1 Å². The van der Waals surface area contributed by atoms with E-state index in [1.165, 1.54) is 0 Å². The smallest absolute Gasteiger partial charge is 0.283 e. The van der Waals surface area contributed by atoms with Crippen LogP contribution in [-0.2, 0) is 0 Å². The van der Waals surface area contributed by atoms with Gasteiger partial charge in [-0.3, -0.25) is 10.1 Å². The Morgan fingerprint density at radius 3 is 2.87 bits per heavy atom. The minimum Gasteiger partial charge on any atom is -0.395 e. The first kappa shape index (κ1) is 11.9. The van der Waals surface area contributed by atoms with E-state index in [-0.39, 0.29) is 22.4 Å². The number of nitrogens with zero attached hydrogens (tertiary/aromatic N) is 1. The largest absolute Gasteiger partial charge is 0.395 e. The highest BCUT2D eigenvalue weighted by Gasteiger charge is 2.16. The molecule has 1 N–H and O–H groups in total. The van der Waals surface area contributed by atoms with E-state index in [1.807, 2.05) is 0 Å². The van der Waals surface area contributed by atoms with E-state index in [4.69, 9.17) is 5.11 Å². The van der Waals surface area contributed by atoms with Crippen molar-refractivity contribution in [1.29, 1.82) is 0 Å². The molecule has 0 heterocycles. The molecule has 0 aliphatic rings. The fourth-order valence-corrected chi connectivity index (χ4v) is 1.94. The lowest BCUT2D eigenvalue weighted by atomic mass is 10.3. The van der Waals surface area contributed by atoms with Gasteiger partial charge in [0, 0.05) is 11.3 Å². The molecular formula is C9H10FNO3S. The average Bonchev–Trinajstić information content (AvgIpc) is 2.17. The Morgan fingerprint density at radius 1 is 1.67 bits per heavy atom. The van der Waals surface area contributed by atoms with E-state index >= 15 is 0 Å². The Kier molecular flexibility index (Phi) is 4.05. The molecular weight excluding hydrogens is 221 g/mol. The first-order valence-electron chi connectivity index (χ1n) is 4.26. The number of hydrogen-bond acceptors (Lipinski definition) is 4. The van der Waals surface area contributed by atoms with Gasteiger partial charge < -0.3 is 5.11 Å². The maximum Gasteiger partial charge on any atom is 0.283 e. The normalized spacial score (nSPS) is 12.5. The molecule has 4 nitrogen and oxygen atoms in total. The third-order valence-electron chi connectivity index (χ3n) is 1.70. The first-order chi connectivity index (χ1) is 7.04. The molecule has 0 saturated heterocycles. The summed E-state index contributed by atoms with van der Waals surface area (Å²) >= 11 is 1.08. The van der Waals surface area contributed by atoms with Crippen molar-refractivity contribution < 1.29 is 14.4 Å². The lowest BCUT2D eigenvalue weighted by Gasteiger charge is -2.07. The molecule has 0 aromatic heterocycles. The van der Waals surface area contributed by atoms with Crippen LogP contribution in [0.2, 0.25) is 0 Å². The Balaban J connectivity index is 3.02. The predicted molar refractivity (Wildman–Crippen MR) is 55.5 cm³/mol. The maximum absolute atomic E-state index is 12.9. The lowest BCUT2D eigenvalue weighted by molar-refractivity contribution is -0.387. The Bertz CT molecular complexity index is 372. The highest BCUT2D eigenvalue weighted by Crippen LogP contribution is 2.32. The minimum absolute atomic E-state index is 0.113. The van der Waals surface area contributed by atoms with Crippen molar-refractivity contribution in [2.75, 3.05) is 6.61 Å². The second kappa shape index (κ2) is 5.09. The number of nitro groups is 1. The molecule has 0 aliphatic carbocycles. The number of thioether (sulfide) groups is 1. The van der Waals surface area contributed by atoms with Crippen molar-refractivity contribution in [2.45, 2.75) is 17.1 Å². The molecule has 0 spiro atoms. The molecule has 1 unspecified atom stereocenters. The number of halogens is 1. The van der Waals surface area contributed by atoms with E-state index in [0.717, 1.165) is 30.0 Å². The highest BCUT2D eigenvalue weighted by molar-refractivity contribution is 8.00.